The first kappa shape index (κ1) is 17.0. The predicted octanol–water partition coefficient (Wildman–Crippen LogP) is 3.15. The number of likely N-dealkylation sites (tertiary alicyclic amines) is 1. The largest absolute Gasteiger partial charge is 0.491 e. The average Bonchev–Trinajstić information content (AvgIpc) is 3.03. The Bertz CT molecular complexity index is 574. The zero-order valence-electron chi connectivity index (χ0n) is 14.5. The molecule has 0 aromatic heterocycles. The molecule has 1 spiro atoms. The van der Waals surface area contributed by atoms with E-state index in [2.05, 4.69) is 12.2 Å². The standard InChI is InChI=1S/C18H26N2O4/c1-3-10-22-16-13-14(2)4-5-15(16)19-17(21)20-8-6-18(7-9-20)23-11-12-24-18/h4-5,13H,3,6-12H2,1-2H3,(H,19,21). The van der Waals surface area contributed by atoms with E-state index in [9.17, 15) is 4.79 Å². The molecule has 0 unspecified atom stereocenters. The van der Waals surface area contributed by atoms with Crippen LogP contribution in [-0.2, 0) is 9.47 Å². The molecule has 1 aromatic carbocycles. The average molecular weight is 334 g/mol. The maximum atomic E-state index is 12.6. The van der Waals surface area contributed by atoms with Gasteiger partial charge < -0.3 is 24.4 Å². The third-order valence-electron chi connectivity index (χ3n) is 4.47. The first-order chi connectivity index (χ1) is 11.6. The third-order valence-corrected chi connectivity index (χ3v) is 4.47. The Balaban J connectivity index is 1.60. The summed E-state index contributed by atoms with van der Waals surface area (Å²) in [6.45, 7) is 7.25. The highest BCUT2D eigenvalue weighted by molar-refractivity contribution is 5.91. The number of aryl methyl sites for hydroxylation is 1. The fraction of sp³-hybridized carbons (Fsp3) is 0.611. The van der Waals surface area contributed by atoms with Crippen molar-refractivity contribution in [1.29, 1.82) is 0 Å². The summed E-state index contributed by atoms with van der Waals surface area (Å²) >= 11 is 0. The highest BCUT2D eigenvalue weighted by Gasteiger charge is 2.40. The molecule has 2 aliphatic heterocycles. The van der Waals surface area contributed by atoms with Crippen LogP contribution in [0, 0.1) is 6.92 Å². The molecule has 2 aliphatic rings. The zero-order valence-corrected chi connectivity index (χ0v) is 14.5. The second-order valence-corrected chi connectivity index (χ2v) is 6.37. The van der Waals surface area contributed by atoms with Gasteiger partial charge in [-0.25, -0.2) is 4.79 Å². The number of carbonyl (C=O) groups excluding carboxylic acids is 1. The fourth-order valence-corrected chi connectivity index (χ4v) is 3.09. The van der Waals surface area contributed by atoms with Gasteiger partial charge in [0.15, 0.2) is 5.79 Å². The lowest BCUT2D eigenvalue weighted by Gasteiger charge is -2.37. The minimum Gasteiger partial charge on any atom is -0.491 e. The maximum absolute atomic E-state index is 12.6. The molecular weight excluding hydrogens is 308 g/mol. The van der Waals surface area contributed by atoms with Crippen molar-refractivity contribution >= 4 is 11.7 Å². The number of urea groups is 1. The van der Waals surface area contributed by atoms with Crippen LogP contribution in [0.2, 0.25) is 0 Å². The summed E-state index contributed by atoms with van der Waals surface area (Å²) in [6.07, 6.45) is 2.36. The summed E-state index contributed by atoms with van der Waals surface area (Å²) in [4.78, 5) is 14.4. The van der Waals surface area contributed by atoms with Crippen LogP contribution in [0.15, 0.2) is 18.2 Å². The molecule has 1 aromatic rings. The topological polar surface area (TPSA) is 60.0 Å². The molecule has 0 radical (unpaired) electrons. The van der Waals surface area contributed by atoms with Crippen molar-refractivity contribution in [3.8, 4) is 5.75 Å². The Kier molecular flexibility index (Phi) is 5.26. The number of amides is 2. The highest BCUT2D eigenvalue weighted by atomic mass is 16.7. The number of ether oxygens (including phenoxy) is 3. The van der Waals surface area contributed by atoms with E-state index in [4.69, 9.17) is 14.2 Å². The van der Waals surface area contributed by atoms with Gasteiger partial charge >= 0.3 is 6.03 Å². The van der Waals surface area contributed by atoms with Crippen molar-refractivity contribution < 1.29 is 19.0 Å². The predicted molar refractivity (Wildman–Crippen MR) is 91.4 cm³/mol. The van der Waals surface area contributed by atoms with E-state index in [1.165, 1.54) is 0 Å². The molecule has 24 heavy (non-hydrogen) atoms. The van der Waals surface area contributed by atoms with Crippen LogP contribution >= 0.6 is 0 Å². The quantitative estimate of drug-likeness (QED) is 0.919. The molecule has 0 saturated carbocycles. The number of hydrogen-bond acceptors (Lipinski definition) is 4. The minimum atomic E-state index is -0.462. The zero-order chi connectivity index (χ0) is 17.0. The van der Waals surface area contributed by atoms with Crippen LogP contribution in [-0.4, -0.2) is 49.6 Å². The first-order valence-electron chi connectivity index (χ1n) is 8.69. The van der Waals surface area contributed by atoms with Crippen molar-refractivity contribution in [3.63, 3.8) is 0 Å². The van der Waals surface area contributed by atoms with Gasteiger partial charge in [-0.3, -0.25) is 0 Å². The normalized spacial score (nSPS) is 19.5. The van der Waals surface area contributed by atoms with Gasteiger partial charge in [0.25, 0.3) is 0 Å². The number of piperidine rings is 1. The lowest BCUT2D eigenvalue weighted by atomic mass is 10.0. The van der Waals surface area contributed by atoms with Crippen LogP contribution in [0.25, 0.3) is 0 Å². The number of hydrogen-bond donors (Lipinski definition) is 1. The number of rotatable bonds is 4. The van der Waals surface area contributed by atoms with Crippen molar-refractivity contribution in [1.82, 2.24) is 4.90 Å². The summed E-state index contributed by atoms with van der Waals surface area (Å²) in [5, 5.41) is 2.98. The smallest absolute Gasteiger partial charge is 0.321 e. The lowest BCUT2D eigenvalue weighted by Crippen LogP contribution is -2.48. The van der Waals surface area contributed by atoms with Crippen LogP contribution in [0.1, 0.15) is 31.7 Å². The first-order valence-corrected chi connectivity index (χ1v) is 8.69. The van der Waals surface area contributed by atoms with E-state index in [-0.39, 0.29) is 6.03 Å². The molecular formula is C18H26N2O4. The molecule has 3 rings (SSSR count). The van der Waals surface area contributed by atoms with Crippen LogP contribution < -0.4 is 10.1 Å². The lowest BCUT2D eigenvalue weighted by molar-refractivity contribution is -0.181. The van der Waals surface area contributed by atoms with E-state index in [1.54, 1.807) is 4.90 Å². The molecule has 0 atom stereocenters. The van der Waals surface area contributed by atoms with Gasteiger partial charge in [-0.05, 0) is 31.0 Å². The molecule has 2 fully saturated rings. The van der Waals surface area contributed by atoms with Gasteiger partial charge in [-0.2, -0.15) is 0 Å². The van der Waals surface area contributed by atoms with E-state index in [0.717, 1.165) is 17.7 Å². The molecule has 1 N–H and O–H groups in total. The second kappa shape index (κ2) is 7.40. The molecule has 0 aliphatic carbocycles. The molecule has 6 nitrogen and oxygen atoms in total. The van der Waals surface area contributed by atoms with Gasteiger partial charge in [-0.1, -0.05) is 13.0 Å². The van der Waals surface area contributed by atoms with Crippen molar-refractivity contribution in [3.05, 3.63) is 23.8 Å². The summed E-state index contributed by atoms with van der Waals surface area (Å²) in [6, 6.07) is 5.72. The second-order valence-electron chi connectivity index (χ2n) is 6.37. The Labute approximate surface area is 143 Å². The van der Waals surface area contributed by atoms with Crippen molar-refractivity contribution in [2.24, 2.45) is 0 Å². The Hall–Kier alpha value is -1.79. The number of anilines is 1. The molecule has 6 heteroatoms. The molecule has 0 bridgehead atoms. The maximum Gasteiger partial charge on any atom is 0.321 e. The van der Waals surface area contributed by atoms with Crippen LogP contribution in [0.3, 0.4) is 0 Å². The van der Waals surface area contributed by atoms with E-state index < -0.39 is 5.79 Å². The van der Waals surface area contributed by atoms with Crippen LogP contribution in [0.4, 0.5) is 10.5 Å². The molecule has 2 amide bonds. The molecule has 2 heterocycles. The van der Waals surface area contributed by atoms with E-state index >= 15 is 0 Å². The van der Waals surface area contributed by atoms with Crippen molar-refractivity contribution in [2.45, 2.75) is 38.9 Å². The number of nitrogens with one attached hydrogen (secondary N) is 1. The number of benzene rings is 1. The Morgan fingerprint density at radius 3 is 2.67 bits per heavy atom. The SMILES string of the molecule is CCCOc1cc(C)ccc1NC(=O)N1CCC2(CC1)OCCO2. The monoisotopic (exact) mass is 334 g/mol. The highest BCUT2D eigenvalue weighted by Crippen LogP contribution is 2.32. The van der Waals surface area contributed by atoms with E-state index in [0.29, 0.717) is 51.4 Å². The fourth-order valence-electron chi connectivity index (χ4n) is 3.09. The number of carbonyl (C=O) groups is 1. The van der Waals surface area contributed by atoms with E-state index in [1.807, 2.05) is 25.1 Å². The summed E-state index contributed by atoms with van der Waals surface area (Å²) in [5.74, 6) is 0.261. The molecule has 2 saturated heterocycles. The number of nitrogens with zero attached hydrogens (tertiary/aromatic N) is 1. The Morgan fingerprint density at radius 1 is 1.29 bits per heavy atom. The van der Waals surface area contributed by atoms with Gasteiger partial charge in [0.05, 0.1) is 25.5 Å². The Morgan fingerprint density at radius 2 is 2.00 bits per heavy atom. The minimum absolute atomic E-state index is 0.104. The van der Waals surface area contributed by atoms with Gasteiger partial charge in [0, 0.05) is 25.9 Å². The van der Waals surface area contributed by atoms with Crippen molar-refractivity contribution in [2.75, 3.05) is 38.2 Å². The van der Waals surface area contributed by atoms with Crippen LogP contribution in [0.5, 0.6) is 5.75 Å². The molecule has 132 valence electrons. The summed E-state index contributed by atoms with van der Waals surface area (Å²) in [7, 11) is 0. The van der Waals surface area contributed by atoms with Gasteiger partial charge in [0.1, 0.15) is 5.75 Å². The van der Waals surface area contributed by atoms with Gasteiger partial charge in [0.2, 0.25) is 0 Å². The summed E-state index contributed by atoms with van der Waals surface area (Å²) < 4.78 is 17.2. The summed E-state index contributed by atoms with van der Waals surface area (Å²) in [5.41, 5.74) is 1.82. The van der Waals surface area contributed by atoms with Gasteiger partial charge in [-0.15, -0.1) is 0 Å². The third kappa shape index (κ3) is 3.82.